The second-order valence-corrected chi connectivity index (χ2v) is 5.68. The average Bonchev–Trinajstić information content (AvgIpc) is 2.42. The number of benzene rings is 2. The molecule has 0 aromatic heterocycles. The van der Waals surface area contributed by atoms with Gasteiger partial charge in [-0.2, -0.15) is 0 Å². The van der Waals surface area contributed by atoms with Crippen molar-refractivity contribution in [2.45, 2.75) is 33.2 Å². The maximum atomic E-state index is 6.13. The molecule has 1 nitrogen and oxygen atoms in total. The molecule has 2 heteroatoms. The molecule has 0 saturated carbocycles. The van der Waals surface area contributed by atoms with E-state index in [1.807, 2.05) is 12.1 Å². The minimum atomic E-state index is 0.304. The first-order valence-corrected chi connectivity index (χ1v) is 7.53. The summed E-state index contributed by atoms with van der Waals surface area (Å²) >= 11 is 6.13. The molecule has 2 aromatic rings. The Morgan fingerprint density at radius 3 is 2.30 bits per heavy atom. The van der Waals surface area contributed by atoms with E-state index in [1.54, 1.807) is 0 Å². The molecule has 0 spiro atoms. The summed E-state index contributed by atoms with van der Waals surface area (Å²) in [6, 6.07) is 14.9. The lowest BCUT2D eigenvalue weighted by Crippen LogP contribution is -2.23. The first-order valence-electron chi connectivity index (χ1n) is 7.15. The predicted octanol–water partition coefficient (Wildman–Crippen LogP) is 4.85. The fraction of sp³-hybridized carbons (Fsp3) is 0.333. The molecule has 106 valence electrons. The molecular formula is C18H22ClN. The van der Waals surface area contributed by atoms with Crippen molar-refractivity contribution in [3.8, 4) is 0 Å². The van der Waals surface area contributed by atoms with Crippen molar-refractivity contribution >= 4 is 11.6 Å². The topological polar surface area (TPSA) is 12.0 Å². The molecule has 0 fully saturated rings. The van der Waals surface area contributed by atoms with E-state index in [9.17, 15) is 0 Å². The minimum Gasteiger partial charge on any atom is -0.310 e. The van der Waals surface area contributed by atoms with Gasteiger partial charge in [0.25, 0.3) is 0 Å². The fourth-order valence-electron chi connectivity index (χ4n) is 2.65. The second kappa shape index (κ2) is 6.92. The van der Waals surface area contributed by atoms with Gasteiger partial charge in [0, 0.05) is 11.1 Å². The average molecular weight is 288 g/mol. The lowest BCUT2D eigenvalue weighted by molar-refractivity contribution is 0.547. The predicted molar refractivity (Wildman–Crippen MR) is 87.5 cm³/mol. The van der Waals surface area contributed by atoms with Crippen LogP contribution in [0.25, 0.3) is 0 Å². The van der Waals surface area contributed by atoms with Gasteiger partial charge in [0.2, 0.25) is 0 Å². The Morgan fingerprint density at radius 2 is 1.70 bits per heavy atom. The molecule has 1 N–H and O–H groups in total. The van der Waals surface area contributed by atoms with E-state index in [-0.39, 0.29) is 0 Å². The first kappa shape index (κ1) is 15.1. The molecular weight excluding hydrogens is 266 g/mol. The highest BCUT2D eigenvalue weighted by atomic mass is 35.5. The van der Waals surface area contributed by atoms with Crippen LogP contribution in [0.15, 0.2) is 42.5 Å². The molecule has 0 aliphatic heterocycles. The number of rotatable bonds is 5. The van der Waals surface area contributed by atoms with E-state index < -0.39 is 0 Å². The molecule has 0 amide bonds. The van der Waals surface area contributed by atoms with Gasteiger partial charge < -0.3 is 5.32 Å². The summed E-state index contributed by atoms with van der Waals surface area (Å²) < 4.78 is 0. The molecule has 2 aromatic carbocycles. The summed E-state index contributed by atoms with van der Waals surface area (Å²) in [5.74, 6) is 0. The van der Waals surface area contributed by atoms with Crippen LogP contribution in [0.4, 0.5) is 0 Å². The summed E-state index contributed by atoms with van der Waals surface area (Å²) in [6.45, 7) is 7.46. The van der Waals surface area contributed by atoms with Crippen molar-refractivity contribution in [1.82, 2.24) is 5.32 Å². The zero-order valence-corrected chi connectivity index (χ0v) is 13.2. The highest BCUT2D eigenvalue weighted by Crippen LogP contribution is 2.24. The lowest BCUT2D eigenvalue weighted by atomic mass is 9.93. The van der Waals surface area contributed by atoms with Crippen molar-refractivity contribution in [2.24, 2.45) is 0 Å². The summed E-state index contributed by atoms with van der Waals surface area (Å²) in [5.41, 5.74) is 5.39. The zero-order valence-electron chi connectivity index (χ0n) is 12.4. The van der Waals surface area contributed by atoms with E-state index in [1.165, 1.54) is 22.3 Å². The SMILES string of the molecule is CCNC(Cc1c(C)cccc1C)c1cccc(Cl)c1. The van der Waals surface area contributed by atoms with E-state index in [2.05, 4.69) is 56.4 Å². The standard InChI is InChI=1S/C18H22ClN/c1-4-20-18(15-9-6-10-16(19)11-15)12-17-13(2)7-5-8-14(17)3/h5-11,18,20H,4,12H2,1-3H3. The van der Waals surface area contributed by atoms with Crippen LogP contribution in [0.3, 0.4) is 0 Å². The first-order chi connectivity index (χ1) is 9.61. The van der Waals surface area contributed by atoms with Crippen LogP contribution in [0, 0.1) is 13.8 Å². The molecule has 20 heavy (non-hydrogen) atoms. The molecule has 1 atom stereocenters. The maximum Gasteiger partial charge on any atom is 0.0409 e. The minimum absolute atomic E-state index is 0.304. The third kappa shape index (κ3) is 3.62. The number of nitrogens with one attached hydrogen (secondary N) is 1. The van der Waals surface area contributed by atoms with E-state index in [0.29, 0.717) is 6.04 Å². The van der Waals surface area contributed by atoms with Crippen LogP contribution in [-0.4, -0.2) is 6.54 Å². The van der Waals surface area contributed by atoms with Crippen LogP contribution in [0.5, 0.6) is 0 Å². The normalized spacial score (nSPS) is 12.4. The highest BCUT2D eigenvalue weighted by Gasteiger charge is 2.14. The van der Waals surface area contributed by atoms with Gasteiger partial charge >= 0.3 is 0 Å². The second-order valence-electron chi connectivity index (χ2n) is 5.24. The monoisotopic (exact) mass is 287 g/mol. The number of aryl methyl sites for hydroxylation is 2. The molecule has 0 heterocycles. The Hall–Kier alpha value is -1.31. The van der Waals surface area contributed by atoms with Gasteiger partial charge in [-0.25, -0.2) is 0 Å². The third-order valence-electron chi connectivity index (χ3n) is 3.75. The van der Waals surface area contributed by atoms with Gasteiger partial charge in [0.1, 0.15) is 0 Å². The van der Waals surface area contributed by atoms with Crippen molar-refractivity contribution in [3.05, 3.63) is 69.7 Å². The van der Waals surface area contributed by atoms with Gasteiger partial charge in [-0.1, -0.05) is 48.9 Å². The fourth-order valence-corrected chi connectivity index (χ4v) is 2.85. The van der Waals surface area contributed by atoms with Crippen LogP contribution in [-0.2, 0) is 6.42 Å². The summed E-state index contributed by atoms with van der Waals surface area (Å²) in [7, 11) is 0. The number of hydrogen-bond acceptors (Lipinski definition) is 1. The number of hydrogen-bond donors (Lipinski definition) is 1. The summed E-state index contributed by atoms with van der Waals surface area (Å²) in [4.78, 5) is 0. The number of likely N-dealkylation sites (N-methyl/N-ethyl adjacent to an activating group) is 1. The van der Waals surface area contributed by atoms with Crippen molar-refractivity contribution in [1.29, 1.82) is 0 Å². The van der Waals surface area contributed by atoms with Crippen molar-refractivity contribution in [2.75, 3.05) is 6.54 Å². The van der Waals surface area contributed by atoms with Gasteiger partial charge in [0.05, 0.1) is 0 Å². The molecule has 1 unspecified atom stereocenters. The van der Waals surface area contributed by atoms with Gasteiger partial charge in [-0.05, 0) is 61.2 Å². The summed E-state index contributed by atoms with van der Waals surface area (Å²) in [6.07, 6.45) is 0.993. The largest absolute Gasteiger partial charge is 0.310 e. The molecule has 0 bridgehead atoms. The van der Waals surface area contributed by atoms with E-state index in [0.717, 1.165) is 18.0 Å². The molecule has 0 radical (unpaired) electrons. The van der Waals surface area contributed by atoms with Crippen LogP contribution in [0.2, 0.25) is 5.02 Å². The molecule has 0 saturated heterocycles. The van der Waals surface area contributed by atoms with E-state index in [4.69, 9.17) is 11.6 Å². The van der Waals surface area contributed by atoms with Crippen molar-refractivity contribution in [3.63, 3.8) is 0 Å². The Bertz CT molecular complexity index is 557. The smallest absolute Gasteiger partial charge is 0.0409 e. The van der Waals surface area contributed by atoms with Crippen LogP contribution < -0.4 is 5.32 Å². The Labute approximate surface area is 127 Å². The van der Waals surface area contributed by atoms with Gasteiger partial charge in [0.15, 0.2) is 0 Å². The van der Waals surface area contributed by atoms with Gasteiger partial charge in [-0.15, -0.1) is 0 Å². The lowest BCUT2D eigenvalue weighted by Gasteiger charge is -2.21. The highest BCUT2D eigenvalue weighted by molar-refractivity contribution is 6.30. The van der Waals surface area contributed by atoms with Gasteiger partial charge in [-0.3, -0.25) is 0 Å². The molecule has 0 aliphatic carbocycles. The Morgan fingerprint density at radius 1 is 1.05 bits per heavy atom. The van der Waals surface area contributed by atoms with Crippen molar-refractivity contribution < 1.29 is 0 Å². The third-order valence-corrected chi connectivity index (χ3v) is 3.99. The molecule has 0 aliphatic rings. The van der Waals surface area contributed by atoms with Crippen LogP contribution in [0.1, 0.15) is 35.2 Å². The maximum absolute atomic E-state index is 6.13. The quantitative estimate of drug-likeness (QED) is 0.829. The Balaban J connectivity index is 2.30. The Kier molecular flexibility index (Phi) is 5.22. The van der Waals surface area contributed by atoms with E-state index >= 15 is 0 Å². The molecule has 2 rings (SSSR count). The number of halogens is 1. The van der Waals surface area contributed by atoms with Crippen LogP contribution >= 0.6 is 11.6 Å². The zero-order chi connectivity index (χ0) is 14.5. The summed E-state index contributed by atoms with van der Waals surface area (Å²) in [5, 5.41) is 4.37.